The maximum Gasteiger partial charge on any atom is 0.394 e. The number of nitrogens with zero attached hydrogens (tertiary/aromatic N) is 2. The minimum absolute atomic E-state index is 0.0193. The summed E-state index contributed by atoms with van der Waals surface area (Å²) in [7, 11) is 1.37. The number of ether oxygens (including phenoxy) is 1. The first kappa shape index (κ1) is 17.5. The van der Waals surface area contributed by atoms with E-state index in [0.29, 0.717) is 0 Å². The molecule has 0 atom stereocenters. The van der Waals surface area contributed by atoms with E-state index in [0.717, 1.165) is 4.68 Å². The zero-order valence-corrected chi connectivity index (χ0v) is 12.8. The summed E-state index contributed by atoms with van der Waals surface area (Å²) >= 11 is 0. The van der Waals surface area contributed by atoms with E-state index in [-0.39, 0.29) is 22.8 Å². The second-order valence-corrected chi connectivity index (χ2v) is 5.01. The van der Waals surface area contributed by atoms with Crippen LogP contribution in [-0.4, -0.2) is 27.8 Å². The Morgan fingerprint density at radius 2 is 1.88 bits per heavy atom. The van der Waals surface area contributed by atoms with E-state index in [4.69, 9.17) is 4.74 Å². The molecule has 2 rings (SSSR count). The number of alkyl halides is 3. The summed E-state index contributed by atoms with van der Waals surface area (Å²) in [6, 6.07) is 6.88. The molecule has 0 aliphatic carbocycles. The molecule has 0 aliphatic heterocycles. The van der Waals surface area contributed by atoms with Crippen LogP contribution in [0.4, 0.5) is 19.0 Å². The van der Waals surface area contributed by atoms with Crippen LogP contribution in [0.1, 0.15) is 23.0 Å². The predicted octanol–water partition coefficient (Wildman–Crippen LogP) is 2.70. The Morgan fingerprint density at radius 3 is 2.42 bits per heavy atom. The van der Waals surface area contributed by atoms with Crippen LogP contribution in [0.5, 0.6) is 5.75 Å². The van der Waals surface area contributed by atoms with Crippen molar-refractivity contribution in [3.05, 3.63) is 41.6 Å². The Bertz CT molecular complexity index is 752. The van der Waals surface area contributed by atoms with E-state index in [2.05, 4.69) is 10.4 Å². The molecular formula is C15H14F3N3O3. The van der Waals surface area contributed by atoms with Gasteiger partial charge in [-0.1, -0.05) is 0 Å². The number of halogens is 3. The summed E-state index contributed by atoms with van der Waals surface area (Å²) in [4.78, 5) is 22.9. The Labute approximate surface area is 135 Å². The van der Waals surface area contributed by atoms with E-state index < -0.39 is 24.5 Å². The van der Waals surface area contributed by atoms with Crippen LogP contribution in [0.15, 0.2) is 30.3 Å². The highest BCUT2D eigenvalue weighted by Crippen LogP contribution is 2.22. The van der Waals surface area contributed by atoms with Crippen LogP contribution in [0.2, 0.25) is 0 Å². The Morgan fingerprint density at radius 1 is 1.25 bits per heavy atom. The van der Waals surface area contributed by atoms with Crippen molar-refractivity contribution in [3.63, 3.8) is 0 Å². The number of aromatic nitrogens is 2. The minimum atomic E-state index is -4.36. The minimum Gasteiger partial charge on any atom is -0.427 e. The van der Waals surface area contributed by atoms with Crippen molar-refractivity contribution < 1.29 is 27.5 Å². The van der Waals surface area contributed by atoms with Crippen LogP contribution < -0.4 is 10.1 Å². The van der Waals surface area contributed by atoms with Gasteiger partial charge in [0.05, 0.1) is 6.42 Å². The van der Waals surface area contributed by atoms with E-state index >= 15 is 0 Å². The number of rotatable bonds is 4. The fourth-order valence-electron chi connectivity index (χ4n) is 1.97. The molecule has 0 radical (unpaired) electrons. The average molecular weight is 341 g/mol. The molecule has 1 N–H and O–H groups in total. The molecular weight excluding hydrogens is 327 g/mol. The molecule has 0 bridgehead atoms. The molecule has 6 nitrogen and oxygen atoms in total. The van der Waals surface area contributed by atoms with E-state index in [1.807, 2.05) is 0 Å². The molecule has 0 unspecified atom stereocenters. The molecule has 0 saturated heterocycles. The molecule has 0 aliphatic rings. The monoisotopic (exact) mass is 341 g/mol. The third kappa shape index (κ3) is 4.83. The van der Waals surface area contributed by atoms with Crippen LogP contribution in [-0.2, 0) is 18.3 Å². The third-order valence-electron chi connectivity index (χ3n) is 2.98. The molecule has 1 aromatic heterocycles. The van der Waals surface area contributed by atoms with Crippen molar-refractivity contribution in [2.24, 2.45) is 7.05 Å². The number of hydrogen-bond acceptors (Lipinski definition) is 4. The van der Waals surface area contributed by atoms with Crippen LogP contribution >= 0.6 is 0 Å². The van der Waals surface area contributed by atoms with Gasteiger partial charge in [0.15, 0.2) is 5.82 Å². The molecule has 1 amide bonds. The molecule has 0 saturated carbocycles. The molecule has 24 heavy (non-hydrogen) atoms. The van der Waals surface area contributed by atoms with Gasteiger partial charge in [-0.25, -0.2) is 0 Å². The van der Waals surface area contributed by atoms with Gasteiger partial charge in [-0.05, 0) is 24.3 Å². The largest absolute Gasteiger partial charge is 0.427 e. The van der Waals surface area contributed by atoms with Crippen LogP contribution in [0.25, 0.3) is 0 Å². The summed E-state index contributed by atoms with van der Waals surface area (Å²) in [6.45, 7) is 1.25. The first-order valence-corrected chi connectivity index (χ1v) is 6.83. The van der Waals surface area contributed by atoms with E-state index in [1.165, 1.54) is 44.3 Å². The number of hydrogen-bond donors (Lipinski definition) is 1. The first-order chi connectivity index (χ1) is 11.1. The molecule has 0 fully saturated rings. The van der Waals surface area contributed by atoms with Gasteiger partial charge in [0.1, 0.15) is 5.75 Å². The second kappa shape index (κ2) is 6.73. The van der Waals surface area contributed by atoms with E-state index in [9.17, 15) is 22.8 Å². The Balaban J connectivity index is 2.07. The third-order valence-corrected chi connectivity index (χ3v) is 2.98. The second-order valence-electron chi connectivity index (χ2n) is 5.01. The zero-order chi connectivity index (χ0) is 17.9. The number of carbonyl (C=O) groups is 2. The topological polar surface area (TPSA) is 73.2 Å². The van der Waals surface area contributed by atoms with Crippen LogP contribution in [0.3, 0.4) is 0 Å². The van der Waals surface area contributed by atoms with Crippen molar-refractivity contribution in [1.29, 1.82) is 0 Å². The molecule has 1 heterocycles. The average Bonchev–Trinajstić information content (AvgIpc) is 2.76. The summed E-state index contributed by atoms with van der Waals surface area (Å²) in [5.41, 5.74) is 0.178. The van der Waals surface area contributed by atoms with E-state index in [1.54, 1.807) is 0 Å². The van der Waals surface area contributed by atoms with Crippen molar-refractivity contribution in [2.75, 3.05) is 5.32 Å². The van der Waals surface area contributed by atoms with Crippen molar-refractivity contribution >= 4 is 17.7 Å². The summed E-state index contributed by atoms with van der Waals surface area (Å²) < 4.78 is 43.2. The first-order valence-electron chi connectivity index (χ1n) is 6.83. The lowest BCUT2D eigenvalue weighted by molar-refractivity contribution is -0.132. The molecule has 1 aromatic carbocycles. The van der Waals surface area contributed by atoms with Gasteiger partial charge in [0, 0.05) is 31.3 Å². The maximum atomic E-state index is 12.4. The van der Waals surface area contributed by atoms with Crippen molar-refractivity contribution in [3.8, 4) is 5.75 Å². The highest BCUT2D eigenvalue weighted by atomic mass is 19.4. The number of esters is 1. The lowest BCUT2D eigenvalue weighted by atomic mass is 10.2. The van der Waals surface area contributed by atoms with Gasteiger partial charge >= 0.3 is 12.1 Å². The quantitative estimate of drug-likeness (QED) is 0.685. The fraction of sp³-hybridized carbons (Fsp3) is 0.267. The fourth-order valence-corrected chi connectivity index (χ4v) is 1.97. The number of carbonyl (C=O) groups excluding carboxylic acids is 2. The van der Waals surface area contributed by atoms with Crippen LogP contribution in [0, 0.1) is 0 Å². The standard InChI is InChI=1S/C15H14F3N3O3/c1-9(22)24-12-5-3-10(4-6-12)14(23)19-13-7-11(21(2)20-13)8-15(16,17)18/h3-7H,8H2,1-2H3,(H,19,20,23). The number of anilines is 1. The highest BCUT2D eigenvalue weighted by Gasteiger charge is 2.29. The van der Waals surface area contributed by atoms with Gasteiger partial charge in [-0.2, -0.15) is 18.3 Å². The van der Waals surface area contributed by atoms with Gasteiger partial charge in [0.2, 0.25) is 0 Å². The maximum absolute atomic E-state index is 12.4. The normalized spacial score (nSPS) is 11.2. The van der Waals surface area contributed by atoms with Crippen molar-refractivity contribution in [2.45, 2.75) is 19.5 Å². The molecule has 2 aromatic rings. The highest BCUT2D eigenvalue weighted by molar-refractivity contribution is 6.03. The summed E-state index contributed by atoms with van der Waals surface area (Å²) in [5, 5.41) is 6.25. The predicted molar refractivity (Wildman–Crippen MR) is 78.7 cm³/mol. The van der Waals surface area contributed by atoms with Gasteiger partial charge in [-0.15, -0.1) is 0 Å². The van der Waals surface area contributed by atoms with Gasteiger partial charge in [0.25, 0.3) is 5.91 Å². The zero-order valence-electron chi connectivity index (χ0n) is 12.8. The van der Waals surface area contributed by atoms with Gasteiger partial charge in [-0.3, -0.25) is 14.3 Å². The number of benzene rings is 1. The lowest BCUT2D eigenvalue weighted by Gasteiger charge is -2.05. The van der Waals surface area contributed by atoms with Gasteiger partial charge < -0.3 is 10.1 Å². The Kier molecular flexibility index (Phi) is 4.91. The number of nitrogens with one attached hydrogen (secondary N) is 1. The summed E-state index contributed by atoms with van der Waals surface area (Å²) in [5.74, 6) is -0.728. The molecule has 9 heteroatoms. The number of aryl methyl sites for hydroxylation is 1. The smallest absolute Gasteiger partial charge is 0.394 e. The lowest BCUT2D eigenvalue weighted by Crippen LogP contribution is -2.14. The Hall–Kier alpha value is -2.84. The SMILES string of the molecule is CC(=O)Oc1ccc(C(=O)Nc2cc(CC(F)(F)F)n(C)n2)cc1. The summed E-state index contributed by atoms with van der Waals surface area (Å²) in [6.07, 6.45) is -5.49. The molecule has 128 valence electrons. The van der Waals surface area contributed by atoms with Crippen molar-refractivity contribution in [1.82, 2.24) is 9.78 Å². The molecule has 0 spiro atoms. The number of amides is 1.